The molecule has 0 bridgehead atoms. The number of anilines is 1. The van der Waals surface area contributed by atoms with Gasteiger partial charge in [-0.2, -0.15) is 0 Å². The average molecular weight is 397 g/mol. The van der Waals surface area contributed by atoms with E-state index >= 15 is 0 Å². The van der Waals surface area contributed by atoms with Crippen LogP contribution in [0.2, 0.25) is 0 Å². The molecule has 4 heteroatoms. The van der Waals surface area contributed by atoms with Crippen molar-refractivity contribution < 1.29 is 9.47 Å². The summed E-state index contributed by atoms with van der Waals surface area (Å²) in [5.41, 5.74) is 3.57. The van der Waals surface area contributed by atoms with Gasteiger partial charge in [0.2, 0.25) is 0 Å². The average Bonchev–Trinajstić information content (AvgIpc) is 2.47. The molecule has 0 unspecified atom stereocenters. The van der Waals surface area contributed by atoms with Crippen LogP contribution in [0, 0.1) is 10.5 Å². The zero-order valence-corrected chi connectivity index (χ0v) is 14.7. The zero-order valence-electron chi connectivity index (χ0n) is 12.6. The quantitative estimate of drug-likeness (QED) is 0.722. The molecule has 0 radical (unpaired) electrons. The van der Waals surface area contributed by atoms with E-state index in [1.165, 1.54) is 11.1 Å². The molecule has 0 aromatic heterocycles. The van der Waals surface area contributed by atoms with Gasteiger partial charge in [0.15, 0.2) is 11.5 Å². The van der Waals surface area contributed by atoms with Crippen molar-refractivity contribution in [2.75, 3.05) is 19.0 Å². The molecule has 0 atom stereocenters. The van der Waals surface area contributed by atoms with Crippen molar-refractivity contribution in [3.8, 4) is 11.5 Å². The Morgan fingerprint density at radius 3 is 2.62 bits per heavy atom. The molecule has 1 N–H and O–H groups in total. The van der Waals surface area contributed by atoms with Crippen molar-refractivity contribution in [2.24, 2.45) is 0 Å². The van der Waals surface area contributed by atoms with Gasteiger partial charge in [0.1, 0.15) is 0 Å². The Balaban J connectivity index is 2.19. The first-order chi connectivity index (χ1) is 10.2. The molecule has 0 heterocycles. The highest BCUT2D eigenvalue weighted by Gasteiger charge is 2.11. The van der Waals surface area contributed by atoms with Gasteiger partial charge in [-0.25, -0.2) is 0 Å². The summed E-state index contributed by atoms with van der Waals surface area (Å²) in [5.74, 6) is 1.60. The van der Waals surface area contributed by atoms with Gasteiger partial charge in [-0.15, -0.1) is 0 Å². The van der Waals surface area contributed by atoms with Crippen molar-refractivity contribution in [1.82, 2.24) is 0 Å². The normalized spacial score (nSPS) is 10.3. The van der Waals surface area contributed by atoms with Crippen molar-refractivity contribution >= 4 is 28.3 Å². The largest absolute Gasteiger partial charge is 0.492 e. The number of benzene rings is 2. The first kappa shape index (κ1) is 15.9. The Hall–Kier alpha value is -1.43. The minimum Gasteiger partial charge on any atom is -0.492 e. The fourth-order valence-corrected chi connectivity index (χ4v) is 3.04. The van der Waals surface area contributed by atoms with Gasteiger partial charge in [0.25, 0.3) is 0 Å². The molecule has 112 valence electrons. The van der Waals surface area contributed by atoms with Crippen LogP contribution in [0.25, 0.3) is 0 Å². The zero-order chi connectivity index (χ0) is 15.2. The second-order valence-corrected chi connectivity index (χ2v) is 5.87. The van der Waals surface area contributed by atoms with Gasteiger partial charge in [-0.1, -0.05) is 18.2 Å². The van der Waals surface area contributed by atoms with E-state index in [4.69, 9.17) is 9.47 Å². The molecule has 2 rings (SSSR count). The van der Waals surface area contributed by atoms with Crippen LogP contribution in [-0.2, 0) is 6.54 Å². The Morgan fingerprint density at radius 1 is 1.19 bits per heavy atom. The van der Waals surface area contributed by atoms with Crippen molar-refractivity contribution in [3.63, 3.8) is 0 Å². The molecule has 0 spiro atoms. The maximum Gasteiger partial charge on any atom is 0.174 e. The number of rotatable bonds is 6. The van der Waals surface area contributed by atoms with Gasteiger partial charge >= 0.3 is 0 Å². The van der Waals surface area contributed by atoms with Crippen molar-refractivity contribution in [3.05, 3.63) is 51.1 Å². The predicted octanol–water partition coefficient (Wildman–Crippen LogP) is 4.62. The number of nitrogens with one attached hydrogen (secondary N) is 1. The van der Waals surface area contributed by atoms with E-state index in [2.05, 4.69) is 53.0 Å². The number of aryl methyl sites for hydroxylation is 1. The number of halogens is 1. The van der Waals surface area contributed by atoms with Crippen LogP contribution in [0.15, 0.2) is 36.4 Å². The SMILES string of the molecule is CCOc1cc(CNc2ccccc2C)cc(I)c1OC. The maximum atomic E-state index is 5.67. The number of para-hydroxylation sites is 1. The number of methoxy groups -OCH3 is 1. The second kappa shape index (κ2) is 7.54. The standard InChI is InChI=1S/C17H20INO2/c1-4-21-16-10-13(9-14(18)17(16)20-3)11-19-15-8-6-5-7-12(15)2/h5-10,19H,4,11H2,1-3H3. The summed E-state index contributed by atoms with van der Waals surface area (Å²) in [6.07, 6.45) is 0. The number of hydrogen-bond donors (Lipinski definition) is 1. The summed E-state index contributed by atoms with van der Waals surface area (Å²) in [5, 5.41) is 3.46. The minimum atomic E-state index is 0.626. The minimum absolute atomic E-state index is 0.626. The Morgan fingerprint density at radius 2 is 1.95 bits per heavy atom. The molecular formula is C17H20INO2. The first-order valence-corrected chi connectivity index (χ1v) is 8.02. The first-order valence-electron chi connectivity index (χ1n) is 6.94. The van der Waals surface area contributed by atoms with Gasteiger partial charge in [-0.05, 0) is 65.8 Å². The van der Waals surface area contributed by atoms with Gasteiger partial charge in [0, 0.05) is 12.2 Å². The van der Waals surface area contributed by atoms with Crippen LogP contribution in [0.1, 0.15) is 18.1 Å². The molecule has 21 heavy (non-hydrogen) atoms. The lowest BCUT2D eigenvalue weighted by molar-refractivity contribution is 0.309. The number of ether oxygens (including phenoxy) is 2. The highest BCUT2D eigenvalue weighted by molar-refractivity contribution is 14.1. The van der Waals surface area contributed by atoms with Crippen LogP contribution in [0.5, 0.6) is 11.5 Å². The highest BCUT2D eigenvalue weighted by Crippen LogP contribution is 2.34. The molecule has 0 saturated heterocycles. The molecule has 0 aliphatic rings. The fourth-order valence-electron chi connectivity index (χ4n) is 2.15. The van der Waals surface area contributed by atoms with E-state index in [1.54, 1.807) is 7.11 Å². The van der Waals surface area contributed by atoms with E-state index in [9.17, 15) is 0 Å². The lowest BCUT2D eigenvalue weighted by Crippen LogP contribution is -2.04. The van der Waals surface area contributed by atoms with Gasteiger partial charge in [-0.3, -0.25) is 0 Å². The van der Waals surface area contributed by atoms with E-state index in [0.717, 1.165) is 27.3 Å². The topological polar surface area (TPSA) is 30.5 Å². The van der Waals surface area contributed by atoms with Crippen molar-refractivity contribution in [1.29, 1.82) is 0 Å². The molecule has 0 aliphatic carbocycles. The summed E-state index contributed by atoms with van der Waals surface area (Å²) in [6.45, 7) is 5.46. The Kier molecular flexibility index (Phi) is 5.73. The molecule has 2 aromatic rings. The second-order valence-electron chi connectivity index (χ2n) is 4.71. The molecule has 0 amide bonds. The molecule has 2 aromatic carbocycles. The summed E-state index contributed by atoms with van der Waals surface area (Å²) < 4.78 is 12.1. The predicted molar refractivity (Wildman–Crippen MR) is 95.4 cm³/mol. The molecule has 0 aliphatic heterocycles. The summed E-state index contributed by atoms with van der Waals surface area (Å²) in [4.78, 5) is 0. The van der Waals surface area contributed by atoms with E-state index in [0.29, 0.717) is 6.61 Å². The molecular weight excluding hydrogens is 377 g/mol. The van der Waals surface area contributed by atoms with Gasteiger partial charge in [0.05, 0.1) is 17.3 Å². The maximum absolute atomic E-state index is 5.67. The van der Waals surface area contributed by atoms with Crippen LogP contribution in [-0.4, -0.2) is 13.7 Å². The molecule has 0 saturated carbocycles. The van der Waals surface area contributed by atoms with Crippen LogP contribution in [0.4, 0.5) is 5.69 Å². The fraction of sp³-hybridized carbons (Fsp3) is 0.294. The lowest BCUT2D eigenvalue weighted by Gasteiger charge is -2.14. The molecule has 0 fully saturated rings. The van der Waals surface area contributed by atoms with Crippen LogP contribution >= 0.6 is 22.6 Å². The van der Waals surface area contributed by atoms with E-state index in [1.807, 2.05) is 25.1 Å². The number of hydrogen-bond acceptors (Lipinski definition) is 3. The Bertz CT molecular complexity index is 614. The van der Waals surface area contributed by atoms with Crippen LogP contribution < -0.4 is 14.8 Å². The summed E-state index contributed by atoms with van der Waals surface area (Å²) >= 11 is 2.28. The summed E-state index contributed by atoms with van der Waals surface area (Å²) in [7, 11) is 1.67. The van der Waals surface area contributed by atoms with Crippen LogP contribution in [0.3, 0.4) is 0 Å². The van der Waals surface area contributed by atoms with E-state index in [-0.39, 0.29) is 0 Å². The van der Waals surface area contributed by atoms with E-state index < -0.39 is 0 Å². The van der Waals surface area contributed by atoms with Gasteiger partial charge < -0.3 is 14.8 Å². The summed E-state index contributed by atoms with van der Waals surface area (Å²) in [6, 6.07) is 12.4. The third-order valence-corrected chi connectivity index (χ3v) is 4.00. The monoisotopic (exact) mass is 397 g/mol. The highest BCUT2D eigenvalue weighted by atomic mass is 127. The third-order valence-electron chi connectivity index (χ3n) is 3.20. The molecule has 3 nitrogen and oxygen atoms in total. The Labute approximate surface area is 139 Å². The lowest BCUT2D eigenvalue weighted by atomic mass is 10.1. The third kappa shape index (κ3) is 4.03. The van der Waals surface area contributed by atoms with Crippen molar-refractivity contribution in [2.45, 2.75) is 20.4 Å². The smallest absolute Gasteiger partial charge is 0.174 e.